The smallest absolute Gasteiger partial charge is 0.344 e. The third-order valence-electron chi connectivity index (χ3n) is 2.33. The van der Waals surface area contributed by atoms with E-state index in [9.17, 15) is 57.3 Å². The van der Waals surface area contributed by atoms with Crippen LogP contribution in [0.2, 0.25) is 0 Å². The molecule has 0 amide bonds. The van der Waals surface area contributed by atoms with Gasteiger partial charge in [0.05, 0.1) is 0 Å². The number of rotatable bonds is 7. The monoisotopic (exact) mass is 429 g/mol. The maximum atomic E-state index is 12.9. The van der Waals surface area contributed by atoms with Gasteiger partial charge in [-0.1, -0.05) is 0 Å². The van der Waals surface area contributed by atoms with Gasteiger partial charge in [0.1, 0.15) is 0 Å². The summed E-state index contributed by atoms with van der Waals surface area (Å²) >= 11 is 0. The van der Waals surface area contributed by atoms with Crippen LogP contribution in [-0.2, 0) is 9.09 Å². The van der Waals surface area contributed by atoms with Crippen molar-refractivity contribution in [2.75, 3.05) is 0 Å². The number of phosphoric acid groups is 1. The van der Waals surface area contributed by atoms with Crippen molar-refractivity contribution < 1.29 is 71.6 Å². The third kappa shape index (κ3) is 4.15. The van der Waals surface area contributed by atoms with Crippen molar-refractivity contribution in [3.05, 3.63) is 0 Å². The van der Waals surface area contributed by atoms with Gasteiger partial charge in [0.15, 0.2) is 0 Å². The van der Waals surface area contributed by atoms with Gasteiger partial charge >= 0.3 is 43.5 Å². The van der Waals surface area contributed by atoms with Crippen LogP contribution in [0.4, 0.5) is 52.7 Å². The molecular formula is C7H8F12NO4P. The molecular weight excluding hydrogens is 421 g/mol. The van der Waals surface area contributed by atoms with Gasteiger partial charge in [-0.2, -0.15) is 52.7 Å². The van der Waals surface area contributed by atoms with E-state index in [0.29, 0.717) is 0 Å². The molecule has 154 valence electrons. The number of hydrogen-bond donors (Lipinski definition) is 3. The van der Waals surface area contributed by atoms with Gasteiger partial charge < -0.3 is 15.9 Å². The molecule has 0 aliphatic rings. The summed E-state index contributed by atoms with van der Waals surface area (Å²) in [7, 11) is -6.72. The van der Waals surface area contributed by atoms with Crippen LogP contribution in [0.25, 0.3) is 0 Å². The molecule has 0 unspecified atom stereocenters. The van der Waals surface area contributed by atoms with Gasteiger partial charge in [0, 0.05) is 6.92 Å². The Bertz CT molecular complexity index is 526. The molecule has 0 aromatic heterocycles. The first-order valence-corrected chi connectivity index (χ1v) is 6.52. The Morgan fingerprint density at radius 3 is 1.20 bits per heavy atom. The number of hydrogen-bond acceptors (Lipinski definition) is 3. The summed E-state index contributed by atoms with van der Waals surface area (Å²) in [5, 5.41) is 0. The number of halogens is 12. The zero-order valence-electron chi connectivity index (χ0n) is 11.4. The Morgan fingerprint density at radius 1 is 0.680 bits per heavy atom. The van der Waals surface area contributed by atoms with Crippen LogP contribution in [-0.4, -0.2) is 45.5 Å². The average molecular weight is 429 g/mol. The summed E-state index contributed by atoms with van der Waals surface area (Å²) in [6.07, 6.45) is -7.14. The predicted molar refractivity (Wildman–Crippen MR) is 53.5 cm³/mol. The van der Waals surface area contributed by atoms with E-state index in [1.807, 2.05) is 4.52 Å². The van der Waals surface area contributed by atoms with Crippen molar-refractivity contribution in [1.82, 2.24) is 6.15 Å². The van der Waals surface area contributed by atoms with E-state index >= 15 is 0 Å². The van der Waals surface area contributed by atoms with E-state index < -0.39 is 50.5 Å². The van der Waals surface area contributed by atoms with Gasteiger partial charge in [0.2, 0.25) is 0 Å². The van der Waals surface area contributed by atoms with E-state index in [1.54, 1.807) is 0 Å². The van der Waals surface area contributed by atoms with Crippen molar-refractivity contribution >= 4 is 7.82 Å². The lowest BCUT2D eigenvalue weighted by Gasteiger charge is -2.40. The molecule has 25 heavy (non-hydrogen) atoms. The average Bonchev–Trinajstić information content (AvgIpc) is 2.22. The van der Waals surface area contributed by atoms with Gasteiger partial charge in [0.25, 0.3) is 0 Å². The fourth-order valence-corrected chi connectivity index (χ4v) is 1.47. The first kappa shape index (κ1) is 26.5. The normalized spacial score (nSPS) is 15.8. The van der Waals surface area contributed by atoms with Crippen LogP contribution >= 0.6 is 7.82 Å². The standard InChI is InChI=1S/C7H5F12O4P.H3N/c1-2(8,9)3(10,11)4(12,13)5(14,15)6(16,17)7(18,19)23-24(20,21)22;/h1H3,(H2,20,21,22);1H3. The highest BCUT2D eigenvalue weighted by atomic mass is 31.2. The molecule has 5 N–H and O–H groups in total. The quantitative estimate of drug-likeness (QED) is 0.419. The highest BCUT2D eigenvalue weighted by Crippen LogP contribution is 2.61. The Kier molecular flexibility index (Phi) is 6.81. The second kappa shape index (κ2) is 6.44. The summed E-state index contributed by atoms with van der Waals surface area (Å²) in [4.78, 5) is 15.7. The zero-order valence-corrected chi connectivity index (χ0v) is 12.3. The molecule has 0 rings (SSSR count). The van der Waals surface area contributed by atoms with Crippen molar-refractivity contribution in [3.8, 4) is 0 Å². The van der Waals surface area contributed by atoms with Gasteiger partial charge in [-0.25, -0.2) is 9.09 Å². The van der Waals surface area contributed by atoms with E-state index in [2.05, 4.69) is 0 Å². The minimum absolute atomic E-state index is 0. The van der Waals surface area contributed by atoms with Crippen LogP contribution in [0.3, 0.4) is 0 Å². The molecule has 0 aliphatic carbocycles. The molecule has 0 bridgehead atoms. The molecule has 0 spiro atoms. The van der Waals surface area contributed by atoms with E-state index in [-0.39, 0.29) is 6.15 Å². The van der Waals surface area contributed by atoms with E-state index in [1.165, 1.54) is 0 Å². The van der Waals surface area contributed by atoms with Crippen LogP contribution in [0.5, 0.6) is 0 Å². The Morgan fingerprint density at radius 2 is 0.960 bits per heavy atom. The molecule has 0 heterocycles. The highest BCUT2D eigenvalue weighted by molar-refractivity contribution is 7.46. The molecule has 18 heteroatoms. The summed E-state index contributed by atoms with van der Waals surface area (Å²) in [6, 6.07) is 0. The second-order valence-electron chi connectivity index (χ2n) is 4.28. The van der Waals surface area contributed by atoms with E-state index in [4.69, 9.17) is 9.79 Å². The lowest BCUT2D eigenvalue weighted by atomic mass is 9.94. The van der Waals surface area contributed by atoms with Gasteiger partial charge in [-0.05, 0) is 0 Å². The molecule has 0 fully saturated rings. The predicted octanol–water partition coefficient (Wildman–Crippen LogP) is 4.05. The van der Waals surface area contributed by atoms with Crippen LogP contribution in [0.15, 0.2) is 0 Å². The number of phosphoric ester groups is 1. The molecule has 0 atom stereocenters. The Labute approximate surface area is 129 Å². The largest absolute Gasteiger partial charge is 0.474 e. The summed E-state index contributed by atoms with van der Waals surface area (Å²) < 4.78 is 165. The molecule has 0 aliphatic heterocycles. The van der Waals surface area contributed by atoms with Crippen LogP contribution in [0.1, 0.15) is 6.92 Å². The molecule has 0 saturated carbocycles. The highest BCUT2D eigenvalue weighted by Gasteiger charge is 2.90. The SMILES string of the molecule is CC(F)(F)C(F)(F)C(F)(F)C(F)(F)C(F)(F)C(F)(F)OP(=O)(O)O.N. The Hall–Kier alpha value is -0.770. The van der Waals surface area contributed by atoms with E-state index in [0.717, 1.165) is 0 Å². The van der Waals surface area contributed by atoms with Crippen LogP contribution < -0.4 is 6.15 Å². The molecule has 0 radical (unpaired) electrons. The summed E-state index contributed by atoms with van der Waals surface area (Å²) in [5.74, 6) is -36.8. The summed E-state index contributed by atoms with van der Waals surface area (Å²) in [5.41, 5.74) is 0. The maximum absolute atomic E-state index is 12.9. The molecule has 0 saturated heterocycles. The van der Waals surface area contributed by atoms with Crippen molar-refractivity contribution in [1.29, 1.82) is 0 Å². The molecule has 0 aromatic carbocycles. The topological polar surface area (TPSA) is 102 Å². The van der Waals surface area contributed by atoms with Crippen molar-refractivity contribution in [2.45, 2.75) is 42.6 Å². The minimum atomic E-state index is -7.93. The number of alkyl halides is 12. The lowest BCUT2D eigenvalue weighted by Crippen LogP contribution is -2.70. The molecule has 5 nitrogen and oxygen atoms in total. The maximum Gasteiger partial charge on any atom is 0.474 e. The summed E-state index contributed by atoms with van der Waals surface area (Å²) in [6.45, 7) is -1.08. The fourth-order valence-electron chi connectivity index (χ4n) is 1.06. The third-order valence-corrected chi connectivity index (χ3v) is 2.80. The first-order valence-electron chi connectivity index (χ1n) is 4.99. The van der Waals surface area contributed by atoms with Gasteiger partial charge in [-0.3, -0.25) is 0 Å². The zero-order chi connectivity index (χ0) is 20.2. The van der Waals surface area contributed by atoms with Crippen molar-refractivity contribution in [3.63, 3.8) is 0 Å². The Balaban J connectivity index is 0. The van der Waals surface area contributed by atoms with Gasteiger partial charge in [-0.15, -0.1) is 0 Å². The second-order valence-corrected chi connectivity index (χ2v) is 5.45. The molecule has 0 aromatic rings. The lowest BCUT2D eigenvalue weighted by molar-refractivity contribution is -0.446. The van der Waals surface area contributed by atoms with Crippen LogP contribution in [0, 0.1) is 0 Å². The van der Waals surface area contributed by atoms with Crippen molar-refractivity contribution in [2.24, 2.45) is 0 Å². The first-order chi connectivity index (χ1) is 9.96. The minimum Gasteiger partial charge on any atom is -0.344 e. The fraction of sp³-hybridized carbons (Fsp3) is 1.00.